The van der Waals surface area contributed by atoms with Gasteiger partial charge in [0, 0.05) is 0 Å². The number of carboxylic acid groups (broad SMARTS) is 2. The molecule has 0 spiro atoms. The number of aliphatic carboxylic acids is 2. The Morgan fingerprint density at radius 3 is 1.27 bits per heavy atom. The van der Waals surface area contributed by atoms with Crippen LogP contribution in [0, 0.1) is 0 Å². The molecular weight excluding hydrogens is 332 g/mol. The van der Waals surface area contributed by atoms with Crippen LogP contribution in [0.1, 0.15) is 0 Å². The van der Waals surface area contributed by atoms with Crippen LogP contribution >= 0.6 is 0 Å². The number of hydrogen-bond acceptors (Lipinski definition) is 4. The molecule has 26 heavy (non-hydrogen) atoms. The largest absolute Gasteiger partial charge is 0.478 e. The van der Waals surface area contributed by atoms with Gasteiger partial charge in [0.2, 0.25) is 0 Å². The fourth-order valence-corrected chi connectivity index (χ4v) is 2.39. The van der Waals surface area contributed by atoms with Crippen LogP contribution in [0.2, 0.25) is 0 Å². The first kappa shape index (κ1) is 17.0. The van der Waals surface area contributed by atoms with Gasteiger partial charge in [0.05, 0.1) is 33.9 Å². The molecule has 0 fully saturated rings. The normalized spacial score (nSPS) is 16.9. The van der Waals surface area contributed by atoms with E-state index in [-0.39, 0.29) is 22.6 Å². The fraction of sp³-hybridized carbons (Fsp3) is 0. The highest BCUT2D eigenvalue weighted by Gasteiger charge is 2.26. The van der Waals surface area contributed by atoms with Crippen molar-refractivity contribution in [2.75, 3.05) is 0 Å². The van der Waals surface area contributed by atoms with Crippen LogP contribution in [0.25, 0.3) is 0 Å². The molecule has 2 aromatic rings. The monoisotopic (exact) mass is 346 g/mol. The summed E-state index contributed by atoms with van der Waals surface area (Å²) in [6.07, 6.45) is 2.47. The second-order valence-corrected chi connectivity index (χ2v) is 5.39. The minimum Gasteiger partial charge on any atom is -0.478 e. The summed E-state index contributed by atoms with van der Waals surface area (Å²) in [5.41, 5.74) is 0.946. The van der Waals surface area contributed by atoms with Crippen molar-refractivity contribution in [3.8, 4) is 0 Å². The van der Waals surface area contributed by atoms with Crippen LogP contribution in [0.4, 0.5) is 11.4 Å². The first-order valence-corrected chi connectivity index (χ1v) is 7.73. The summed E-state index contributed by atoms with van der Waals surface area (Å²) in [5.74, 6) is -2.41. The third kappa shape index (κ3) is 3.81. The topological polar surface area (TPSA) is 99.3 Å². The Kier molecular flexibility index (Phi) is 4.85. The van der Waals surface area contributed by atoms with Crippen LogP contribution in [0.3, 0.4) is 0 Å². The molecule has 0 heterocycles. The number of allylic oxidation sites excluding steroid dienone is 2. The molecule has 0 unspecified atom stereocenters. The Balaban J connectivity index is 2.13. The van der Waals surface area contributed by atoms with Gasteiger partial charge in [-0.2, -0.15) is 0 Å². The molecule has 128 valence electrons. The third-order valence-corrected chi connectivity index (χ3v) is 3.59. The number of carboxylic acids is 2. The smallest absolute Gasteiger partial charge is 0.337 e. The molecule has 6 heteroatoms. The molecule has 0 amide bonds. The van der Waals surface area contributed by atoms with E-state index in [0.29, 0.717) is 11.4 Å². The first-order chi connectivity index (χ1) is 12.5. The van der Waals surface area contributed by atoms with Gasteiger partial charge in [-0.1, -0.05) is 36.4 Å². The number of para-hydroxylation sites is 2. The molecule has 6 nitrogen and oxygen atoms in total. The van der Waals surface area contributed by atoms with Gasteiger partial charge in [0.1, 0.15) is 0 Å². The Labute approximate surface area is 149 Å². The zero-order chi connectivity index (χ0) is 18.5. The van der Waals surface area contributed by atoms with E-state index >= 15 is 0 Å². The lowest BCUT2D eigenvalue weighted by molar-refractivity contribution is -0.133. The quantitative estimate of drug-likeness (QED) is 0.827. The number of carbonyl (C=O) groups is 2. The van der Waals surface area contributed by atoms with E-state index in [4.69, 9.17) is 0 Å². The Hall–Kier alpha value is -3.80. The Morgan fingerprint density at radius 2 is 0.962 bits per heavy atom. The molecule has 2 aromatic carbocycles. The predicted molar refractivity (Wildman–Crippen MR) is 98.5 cm³/mol. The predicted octanol–water partition coefficient (Wildman–Crippen LogP) is 3.57. The summed E-state index contributed by atoms with van der Waals surface area (Å²) in [6, 6.07) is 17.5. The Bertz CT molecular complexity index is 890. The van der Waals surface area contributed by atoms with Gasteiger partial charge in [0.25, 0.3) is 0 Å². The summed E-state index contributed by atoms with van der Waals surface area (Å²) >= 11 is 0. The van der Waals surface area contributed by atoms with Gasteiger partial charge in [-0.25, -0.2) is 19.6 Å². The maximum atomic E-state index is 11.6. The van der Waals surface area contributed by atoms with E-state index in [1.165, 1.54) is 12.2 Å². The van der Waals surface area contributed by atoms with E-state index in [1.807, 2.05) is 12.1 Å². The second-order valence-electron chi connectivity index (χ2n) is 5.39. The van der Waals surface area contributed by atoms with Crippen molar-refractivity contribution in [3.05, 3.63) is 84.0 Å². The van der Waals surface area contributed by atoms with E-state index in [1.54, 1.807) is 48.5 Å². The van der Waals surface area contributed by atoms with Crippen molar-refractivity contribution < 1.29 is 19.8 Å². The van der Waals surface area contributed by atoms with Crippen molar-refractivity contribution in [1.29, 1.82) is 0 Å². The molecule has 0 aromatic heterocycles. The number of benzene rings is 2. The van der Waals surface area contributed by atoms with Gasteiger partial charge >= 0.3 is 11.9 Å². The minimum absolute atomic E-state index is 0.0631. The minimum atomic E-state index is -1.21. The van der Waals surface area contributed by atoms with E-state index in [0.717, 1.165) is 0 Å². The molecule has 2 N–H and O–H groups in total. The lowest BCUT2D eigenvalue weighted by Crippen LogP contribution is -2.22. The van der Waals surface area contributed by atoms with Crippen molar-refractivity contribution in [3.63, 3.8) is 0 Å². The van der Waals surface area contributed by atoms with Crippen molar-refractivity contribution in [2.45, 2.75) is 0 Å². The molecule has 0 saturated carbocycles. The van der Waals surface area contributed by atoms with Crippen molar-refractivity contribution in [1.82, 2.24) is 0 Å². The average Bonchev–Trinajstić information content (AvgIpc) is 2.64. The first-order valence-electron chi connectivity index (χ1n) is 7.73. The zero-order valence-electron chi connectivity index (χ0n) is 13.5. The fourth-order valence-electron chi connectivity index (χ4n) is 2.39. The molecule has 0 bridgehead atoms. The van der Waals surface area contributed by atoms with Gasteiger partial charge in [-0.3, -0.25) is 0 Å². The van der Waals surface area contributed by atoms with Crippen LogP contribution in [-0.2, 0) is 9.59 Å². The SMILES string of the molecule is O=C(O)C1=CC(=Nc2ccccc2)C(C(=O)O)=CC1=Nc1ccccc1. The van der Waals surface area contributed by atoms with Gasteiger partial charge in [-0.05, 0) is 36.4 Å². The van der Waals surface area contributed by atoms with Gasteiger partial charge in [-0.15, -0.1) is 0 Å². The van der Waals surface area contributed by atoms with Crippen LogP contribution in [0.15, 0.2) is 93.9 Å². The number of nitrogens with zero attached hydrogens (tertiary/aromatic N) is 2. The lowest BCUT2D eigenvalue weighted by Gasteiger charge is -2.13. The van der Waals surface area contributed by atoms with Gasteiger partial charge < -0.3 is 10.2 Å². The maximum absolute atomic E-state index is 11.6. The second kappa shape index (κ2) is 7.40. The standard InChI is InChI=1S/C20H14N2O4/c23-19(24)15-12-18(22-14-9-5-2-6-10-14)16(20(25)26)11-17(15)21-13-7-3-1-4-8-13/h1-12H,(H,23,24)(H,25,26). The average molecular weight is 346 g/mol. The molecule has 0 radical (unpaired) electrons. The molecule has 1 aliphatic carbocycles. The van der Waals surface area contributed by atoms with Crippen molar-refractivity contribution >= 4 is 34.7 Å². The highest BCUT2D eigenvalue weighted by atomic mass is 16.4. The summed E-state index contributed by atoms with van der Waals surface area (Å²) < 4.78 is 0. The lowest BCUT2D eigenvalue weighted by atomic mass is 9.95. The zero-order valence-corrected chi connectivity index (χ0v) is 13.5. The number of rotatable bonds is 4. The molecular formula is C20H14N2O4. The number of hydrogen-bond donors (Lipinski definition) is 2. The maximum Gasteiger partial charge on any atom is 0.337 e. The molecule has 3 rings (SSSR count). The van der Waals surface area contributed by atoms with Crippen LogP contribution < -0.4 is 0 Å². The molecule has 0 atom stereocenters. The molecule has 0 saturated heterocycles. The third-order valence-electron chi connectivity index (χ3n) is 3.59. The summed E-state index contributed by atoms with van der Waals surface area (Å²) in [5, 5.41) is 19.0. The van der Waals surface area contributed by atoms with Crippen LogP contribution in [0.5, 0.6) is 0 Å². The summed E-state index contributed by atoms with van der Waals surface area (Å²) in [6.45, 7) is 0. The highest BCUT2D eigenvalue weighted by molar-refractivity contribution is 6.38. The van der Waals surface area contributed by atoms with Gasteiger partial charge in [0.15, 0.2) is 0 Å². The highest BCUT2D eigenvalue weighted by Crippen LogP contribution is 2.22. The molecule has 0 aliphatic heterocycles. The van der Waals surface area contributed by atoms with E-state index in [9.17, 15) is 19.8 Å². The Morgan fingerprint density at radius 1 is 0.615 bits per heavy atom. The van der Waals surface area contributed by atoms with E-state index in [2.05, 4.69) is 9.98 Å². The van der Waals surface area contributed by atoms with Crippen LogP contribution in [-0.4, -0.2) is 33.6 Å². The summed E-state index contributed by atoms with van der Waals surface area (Å²) in [7, 11) is 0. The van der Waals surface area contributed by atoms with Crippen molar-refractivity contribution in [2.24, 2.45) is 9.98 Å². The summed E-state index contributed by atoms with van der Waals surface area (Å²) in [4.78, 5) is 31.8. The van der Waals surface area contributed by atoms with E-state index < -0.39 is 11.9 Å². The molecule has 1 aliphatic rings. The number of aliphatic imine (C=N–C) groups is 2.